The fraction of sp³-hybridized carbons (Fsp3) is 0.500. The first-order chi connectivity index (χ1) is 22.3. The molecule has 4 aromatic rings. The summed E-state index contributed by atoms with van der Waals surface area (Å²) in [4.78, 5) is 25.0. The van der Waals surface area contributed by atoms with E-state index in [1.54, 1.807) is 0 Å². The Balaban J connectivity index is 1.53. The molecule has 7 rings (SSSR count). The Morgan fingerprint density at radius 3 is 2.53 bits per heavy atom. The predicted octanol–water partition coefficient (Wildman–Crippen LogP) is 7.95. The molecule has 9 heteroatoms. The molecule has 47 heavy (non-hydrogen) atoms. The molecular weight excluding hydrogens is 592 g/mol. The van der Waals surface area contributed by atoms with Crippen molar-refractivity contribution in [3.63, 3.8) is 0 Å². The molecule has 0 amide bonds. The zero-order valence-corrected chi connectivity index (χ0v) is 28.8. The summed E-state index contributed by atoms with van der Waals surface area (Å²) in [6.45, 7) is 16.0. The summed E-state index contributed by atoms with van der Waals surface area (Å²) >= 11 is 0. The van der Waals surface area contributed by atoms with Crippen LogP contribution in [0.25, 0.3) is 28.2 Å². The van der Waals surface area contributed by atoms with E-state index in [1.807, 2.05) is 44.4 Å². The van der Waals surface area contributed by atoms with Crippen molar-refractivity contribution in [2.45, 2.75) is 104 Å². The van der Waals surface area contributed by atoms with Crippen LogP contribution in [0.3, 0.4) is 0 Å². The van der Waals surface area contributed by atoms with Gasteiger partial charge in [-0.25, -0.2) is 14.8 Å². The lowest BCUT2D eigenvalue weighted by atomic mass is 9.92. The summed E-state index contributed by atoms with van der Waals surface area (Å²) in [5.74, 6) is 1.10. The third-order valence-corrected chi connectivity index (χ3v) is 9.28. The van der Waals surface area contributed by atoms with Gasteiger partial charge >= 0.3 is 5.97 Å². The number of ether oxygens (including phenoxy) is 3. The molecule has 0 radical (unpaired) electrons. The van der Waals surface area contributed by atoms with E-state index in [1.165, 1.54) is 0 Å². The van der Waals surface area contributed by atoms with Gasteiger partial charge in [0.1, 0.15) is 11.6 Å². The molecule has 2 atom stereocenters. The molecule has 5 heterocycles. The van der Waals surface area contributed by atoms with Crippen LogP contribution >= 0.6 is 0 Å². The van der Waals surface area contributed by atoms with Crippen molar-refractivity contribution < 1.29 is 24.1 Å². The van der Waals surface area contributed by atoms with E-state index in [4.69, 9.17) is 24.2 Å². The molecule has 250 valence electrons. The summed E-state index contributed by atoms with van der Waals surface area (Å²) in [7, 11) is 0. The molecule has 3 aliphatic rings. The van der Waals surface area contributed by atoms with Gasteiger partial charge in [-0.2, -0.15) is 0 Å². The zero-order valence-electron chi connectivity index (χ0n) is 28.8. The highest BCUT2D eigenvalue weighted by molar-refractivity contribution is 5.79. The number of rotatable bonds is 3. The fourth-order valence-electron chi connectivity index (χ4n) is 6.74. The maximum atomic E-state index is 12.8. The number of benzene rings is 2. The van der Waals surface area contributed by atoms with Gasteiger partial charge in [0.25, 0.3) is 0 Å². The van der Waals surface area contributed by atoms with Crippen molar-refractivity contribution in [2.75, 3.05) is 24.6 Å². The smallest absolute Gasteiger partial charge is 0.337 e. The lowest BCUT2D eigenvalue weighted by molar-refractivity contribution is -0.160. The third kappa shape index (κ3) is 7.16. The van der Waals surface area contributed by atoms with Crippen molar-refractivity contribution >= 4 is 17.6 Å². The third-order valence-electron chi connectivity index (χ3n) is 9.28. The summed E-state index contributed by atoms with van der Waals surface area (Å²) in [5.41, 5.74) is 5.13. The normalized spacial score (nSPS) is 21.3. The number of anilines is 1. The average Bonchev–Trinajstić information content (AvgIpc) is 3.43. The summed E-state index contributed by atoms with van der Waals surface area (Å²) in [6.07, 6.45) is 5.40. The van der Waals surface area contributed by atoms with E-state index >= 15 is 0 Å². The number of carbonyl (C=O) groups is 1. The molecule has 1 saturated heterocycles. The zero-order chi connectivity index (χ0) is 33.5. The van der Waals surface area contributed by atoms with Gasteiger partial charge in [-0.05, 0) is 104 Å². The Morgan fingerprint density at radius 2 is 1.81 bits per heavy atom. The lowest BCUT2D eigenvalue weighted by Crippen LogP contribution is -2.45. The average molecular weight is 641 g/mol. The van der Waals surface area contributed by atoms with Crippen LogP contribution in [0.4, 0.5) is 5.82 Å². The first-order valence-electron chi connectivity index (χ1n) is 16.9. The van der Waals surface area contributed by atoms with Gasteiger partial charge in [0.05, 0.1) is 34.3 Å². The molecule has 2 aromatic heterocycles. The molecule has 3 aliphatic heterocycles. The van der Waals surface area contributed by atoms with Crippen LogP contribution in [0.1, 0.15) is 89.6 Å². The van der Waals surface area contributed by atoms with E-state index in [0.29, 0.717) is 36.7 Å². The topological polar surface area (TPSA) is 98.4 Å². The molecule has 9 nitrogen and oxygen atoms in total. The molecule has 0 saturated carbocycles. The van der Waals surface area contributed by atoms with Crippen molar-refractivity contribution in [2.24, 2.45) is 0 Å². The predicted molar refractivity (Wildman–Crippen MR) is 184 cm³/mol. The van der Waals surface area contributed by atoms with Crippen molar-refractivity contribution in [3.05, 3.63) is 65.5 Å². The number of imidazole rings is 1. The Labute approximate surface area is 277 Å². The first kappa shape index (κ1) is 33.0. The summed E-state index contributed by atoms with van der Waals surface area (Å²) in [5, 5.41) is 10.5. The monoisotopic (exact) mass is 640 g/mol. The SMILES string of the molecule is Cc1ccc2c(c1)-c1cccc(c1)-c1cn3c(c(C(OC(C)(C)C)C(=O)O)c(C)nc3n1)N1CCC(C)(CC1)OCCCCC(C)O2. The number of hydrogen-bond donors (Lipinski definition) is 1. The number of carboxylic acids is 1. The van der Waals surface area contributed by atoms with Crippen LogP contribution in [0.15, 0.2) is 48.7 Å². The van der Waals surface area contributed by atoms with Gasteiger partial charge in [-0.15, -0.1) is 0 Å². The Kier molecular flexibility index (Phi) is 9.06. The second-order valence-corrected chi connectivity index (χ2v) is 14.5. The highest BCUT2D eigenvalue weighted by Crippen LogP contribution is 2.39. The van der Waals surface area contributed by atoms with Crippen LogP contribution in [-0.4, -0.2) is 62.4 Å². The van der Waals surface area contributed by atoms with Gasteiger partial charge in [-0.1, -0.05) is 29.8 Å². The minimum atomic E-state index is -1.20. The molecule has 1 fully saturated rings. The number of aromatic nitrogens is 3. The minimum Gasteiger partial charge on any atom is -0.490 e. The van der Waals surface area contributed by atoms with Crippen molar-refractivity contribution in [1.82, 2.24) is 14.4 Å². The minimum absolute atomic E-state index is 0.0707. The van der Waals surface area contributed by atoms with Crippen LogP contribution in [0.5, 0.6) is 5.75 Å². The number of fused-ring (bicyclic) bond motifs is 8. The van der Waals surface area contributed by atoms with Gasteiger partial charge < -0.3 is 24.2 Å². The van der Waals surface area contributed by atoms with Crippen LogP contribution in [0.2, 0.25) is 0 Å². The van der Waals surface area contributed by atoms with Gasteiger partial charge in [0.15, 0.2) is 6.10 Å². The quantitative estimate of drug-likeness (QED) is 0.241. The maximum absolute atomic E-state index is 12.8. The van der Waals surface area contributed by atoms with E-state index in [-0.39, 0.29) is 11.7 Å². The van der Waals surface area contributed by atoms with Gasteiger partial charge in [0.2, 0.25) is 5.78 Å². The molecule has 0 spiro atoms. The van der Waals surface area contributed by atoms with Crippen molar-refractivity contribution in [3.8, 4) is 28.1 Å². The number of carboxylic acid groups (broad SMARTS) is 1. The number of aryl methyl sites for hydroxylation is 2. The Bertz CT molecular complexity index is 1770. The largest absolute Gasteiger partial charge is 0.490 e. The molecular formula is C38H48N4O5. The van der Waals surface area contributed by atoms with Crippen LogP contribution < -0.4 is 9.64 Å². The van der Waals surface area contributed by atoms with E-state index in [0.717, 1.165) is 71.6 Å². The fourth-order valence-corrected chi connectivity index (χ4v) is 6.74. The maximum Gasteiger partial charge on any atom is 0.337 e. The number of nitrogens with zero attached hydrogens (tertiary/aromatic N) is 4. The van der Waals surface area contributed by atoms with Crippen LogP contribution in [-0.2, 0) is 14.3 Å². The highest BCUT2D eigenvalue weighted by Gasteiger charge is 2.37. The molecule has 6 bridgehead atoms. The Hall–Kier alpha value is -3.95. The molecule has 1 N–H and O–H groups in total. The number of aliphatic carboxylic acids is 1. The second-order valence-electron chi connectivity index (χ2n) is 14.5. The number of piperidine rings is 1. The summed E-state index contributed by atoms with van der Waals surface area (Å²) in [6, 6.07) is 14.7. The van der Waals surface area contributed by atoms with E-state index < -0.39 is 17.7 Å². The first-order valence-corrected chi connectivity index (χ1v) is 16.9. The second kappa shape index (κ2) is 12.9. The van der Waals surface area contributed by atoms with Crippen molar-refractivity contribution in [1.29, 1.82) is 0 Å². The van der Waals surface area contributed by atoms with E-state index in [9.17, 15) is 9.90 Å². The van der Waals surface area contributed by atoms with Gasteiger partial charge in [0, 0.05) is 37.0 Å². The van der Waals surface area contributed by atoms with Gasteiger partial charge in [-0.3, -0.25) is 4.40 Å². The highest BCUT2D eigenvalue weighted by atomic mass is 16.5. The molecule has 0 aliphatic carbocycles. The molecule has 2 aromatic carbocycles. The van der Waals surface area contributed by atoms with Crippen LogP contribution in [0, 0.1) is 13.8 Å². The Morgan fingerprint density at radius 1 is 1.06 bits per heavy atom. The lowest BCUT2D eigenvalue weighted by Gasteiger charge is -2.41. The standard InChI is InChI=1S/C38H48N4O5/c1-24-14-15-31-29(21-24)27-12-10-13-28(22-27)30-23-42-34(32(26(3)39-36(42)40-30)33(35(43)44)47-37(4,5)6)41-18-16-38(7,17-19-41)45-20-9-8-11-25(2)46-31/h10,12-15,21-23,25,33H,8-9,11,16-20H2,1-7H3,(H,43,44). The number of hydrogen-bond acceptors (Lipinski definition) is 7. The molecule has 2 unspecified atom stereocenters. The van der Waals surface area contributed by atoms with E-state index in [2.05, 4.69) is 62.1 Å². The summed E-state index contributed by atoms with van der Waals surface area (Å²) < 4.78 is 21.2.